The number of benzene rings is 1. The summed E-state index contributed by atoms with van der Waals surface area (Å²) < 4.78 is 2.98. The van der Waals surface area contributed by atoms with Crippen LogP contribution in [0, 0.1) is 11.3 Å². The first kappa shape index (κ1) is 14.8. The third-order valence-corrected chi connectivity index (χ3v) is 4.10. The van der Waals surface area contributed by atoms with E-state index < -0.39 is 0 Å². The van der Waals surface area contributed by atoms with Gasteiger partial charge in [0.2, 0.25) is 0 Å². The predicted molar refractivity (Wildman–Crippen MR) is 84.3 cm³/mol. The first-order chi connectivity index (χ1) is 9.65. The van der Waals surface area contributed by atoms with E-state index in [-0.39, 0.29) is 5.25 Å². The van der Waals surface area contributed by atoms with Crippen LogP contribution in [0.5, 0.6) is 0 Å². The highest BCUT2D eigenvalue weighted by atomic mass is 79.9. The van der Waals surface area contributed by atoms with Gasteiger partial charge in [-0.1, -0.05) is 45.9 Å². The van der Waals surface area contributed by atoms with E-state index in [2.05, 4.69) is 38.8 Å². The molecule has 0 radical (unpaired) electrons. The number of hydrogen-bond donors (Lipinski definition) is 0. The lowest BCUT2D eigenvalue weighted by Gasteiger charge is -2.08. The number of nitrogens with zero attached hydrogens (tertiary/aromatic N) is 4. The van der Waals surface area contributed by atoms with Gasteiger partial charge in [0.15, 0.2) is 11.0 Å². The normalized spacial score (nSPS) is 11.8. The van der Waals surface area contributed by atoms with Crippen LogP contribution in [0.3, 0.4) is 0 Å². The maximum absolute atomic E-state index is 8.92. The van der Waals surface area contributed by atoms with Gasteiger partial charge in [-0.3, -0.25) is 4.57 Å². The van der Waals surface area contributed by atoms with Crippen molar-refractivity contribution in [2.45, 2.75) is 23.9 Å². The van der Waals surface area contributed by atoms with Crippen molar-refractivity contribution in [2.24, 2.45) is 0 Å². The molecule has 1 aromatic carbocycles. The molecule has 0 fully saturated rings. The molecule has 1 heterocycles. The molecule has 0 spiro atoms. The Bertz CT molecular complexity index is 642. The molecule has 2 aromatic rings. The van der Waals surface area contributed by atoms with Crippen molar-refractivity contribution in [3.63, 3.8) is 0 Å². The Hall–Kier alpha value is -1.58. The van der Waals surface area contributed by atoms with Crippen LogP contribution in [0.4, 0.5) is 0 Å². The van der Waals surface area contributed by atoms with Crippen LogP contribution in [-0.2, 0) is 6.54 Å². The number of rotatable bonds is 5. The average molecular weight is 349 g/mol. The fraction of sp³-hybridized carbons (Fsp3) is 0.214. The summed E-state index contributed by atoms with van der Waals surface area (Å²) in [6, 6.07) is 10.1. The standard InChI is InChI=1S/C14H13BrN4S/c1-3-8-19-13(11-4-6-12(15)7-5-11)17-18-14(19)20-10(2)9-16/h3-7,10H,1,8H2,2H3/t10-/m0/s1. The topological polar surface area (TPSA) is 54.5 Å². The Labute approximate surface area is 130 Å². The Morgan fingerprint density at radius 1 is 1.45 bits per heavy atom. The van der Waals surface area contributed by atoms with E-state index in [1.54, 1.807) is 6.08 Å². The SMILES string of the molecule is C=CCn1c(S[C@@H](C)C#N)nnc1-c1ccc(Br)cc1. The average Bonchev–Trinajstić information content (AvgIpc) is 2.83. The molecule has 4 nitrogen and oxygen atoms in total. The smallest absolute Gasteiger partial charge is 0.193 e. The predicted octanol–water partition coefficient (Wildman–Crippen LogP) is 3.90. The van der Waals surface area contributed by atoms with Crippen LogP contribution in [0.2, 0.25) is 0 Å². The first-order valence-corrected chi connectivity index (χ1v) is 7.69. The summed E-state index contributed by atoms with van der Waals surface area (Å²) in [5, 5.41) is 17.9. The second kappa shape index (κ2) is 6.73. The maximum atomic E-state index is 8.92. The third-order valence-electron chi connectivity index (χ3n) is 2.59. The van der Waals surface area contributed by atoms with Crippen LogP contribution in [0.25, 0.3) is 11.4 Å². The quantitative estimate of drug-likeness (QED) is 0.607. The zero-order chi connectivity index (χ0) is 14.5. The summed E-state index contributed by atoms with van der Waals surface area (Å²) >= 11 is 4.82. The van der Waals surface area contributed by atoms with Gasteiger partial charge in [0.1, 0.15) is 0 Å². The Kier molecular flexibility index (Phi) is 4.99. The van der Waals surface area contributed by atoms with Gasteiger partial charge >= 0.3 is 0 Å². The summed E-state index contributed by atoms with van der Waals surface area (Å²) in [6.45, 7) is 6.22. The van der Waals surface area contributed by atoms with E-state index in [1.165, 1.54) is 11.8 Å². The number of nitriles is 1. The fourth-order valence-electron chi connectivity index (χ4n) is 1.67. The number of allylic oxidation sites excluding steroid dienone is 1. The second-order valence-electron chi connectivity index (χ2n) is 4.10. The molecule has 0 bridgehead atoms. The minimum Gasteiger partial charge on any atom is -0.298 e. The molecule has 0 aliphatic heterocycles. The van der Waals surface area contributed by atoms with Gasteiger partial charge in [-0.2, -0.15) is 5.26 Å². The van der Waals surface area contributed by atoms with Crippen molar-refractivity contribution in [1.82, 2.24) is 14.8 Å². The van der Waals surface area contributed by atoms with E-state index in [4.69, 9.17) is 5.26 Å². The van der Waals surface area contributed by atoms with E-state index in [0.29, 0.717) is 6.54 Å². The lowest BCUT2D eigenvalue weighted by molar-refractivity contribution is 0.730. The second-order valence-corrected chi connectivity index (χ2v) is 6.33. The number of hydrogen-bond acceptors (Lipinski definition) is 4. The fourth-order valence-corrected chi connectivity index (χ4v) is 2.68. The molecule has 1 aromatic heterocycles. The highest BCUT2D eigenvalue weighted by Crippen LogP contribution is 2.27. The zero-order valence-electron chi connectivity index (χ0n) is 11.0. The Balaban J connectivity index is 2.41. The molecule has 6 heteroatoms. The molecular formula is C14H13BrN4S. The molecule has 0 N–H and O–H groups in total. The lowest BCUT2D eigenvalue weighted by atomic mass is 10.2. The van der Waals surface area contributed by atoms with Crippen LogP contribution in [0.15, 0.2) is 46.5 Å². The highest BCUT2D eigenvalue weighted by molar-refractivity contribution is 9.10. The molecule has 0 aliphatic carbocycles. The monoisotopic (exact) mass is 348 g/mol. The molecule has 0 saturated heterocycles. The molecule has 1 atom stereocenters. The number of aromatic nitrogens is 3. The van der Waals surface area contributed by atoms with E-state index in [0.717, 1.165) is 21.0 Å². The van der Waals surface area contributed by atoms with E-state index in [9.17, 15) is 0 Å². The molecule has 0 amide bonds. The molecule has 0 saturated carbocycles. The van der Waals surface area contributed by atoms with Crippen LogP contribution in [-0.4, -0.2) is 20.0 Å². The van der Waals surface area contributed by atoms with Gasteiger partial charge in [0, 0.05) is 16.6 Å². The molecule has 0 aliphatic rings. The summed E-state index contributed by atoms with van der Waals surface area (Å²) in [5.41, 5.74) is 0.985. The Morgan fingerprint density at radius 3 is 2.75 bits per heavy atom. The lowest BCUT2D eigenvalue weighted by Crippen LogP contribution is -2.02. The van der Waals surface area contributed by atoms with Crippen molar-refractivity contribution < 1.29 is 0 Å². The summed E-state index contributed by atoms with van der Waals surface area (Å²) in [7, 11) is 0. The molecule has 20 heavy (non-hydrogen) atoms. The summed E-state index contributed by atoms with van der Waals surface area (Å²) in [4.78, 5) is 0. The molecule has 2 rings (SSSR count). The summed E-state index contributed by atoms with van der Waals surface area (Å²) in [6.07, 6.45) is 1.80. The number of halogens is 1. The summed E-state index contributed by atoms with van der Waals surface area (Å²) in [5.74, 6) is 0.782. The molecular weight excluding hydrogens is 336 g/mol. The van der Waals surface area contributed by atoms with Gasteiger partial charge in [-0.05, 0) is 19.1 Å². The molecule has 0 unspecified atom stereocenters. The molecule has 102 valence electrons. The number of thioether (sulfide) groups is 1. The van der Waals surface area contributed by atoms with Gasteiger partial charge in [0.05, 0.1) is 11.3 Å². The first-order valence-electron chi connectivity index (χ1n) is 6.02. The Morgan fingerprint density at radius 2 is 2.15 bits per heavy atom. The van der Waals surface area contributed by atoms with Gasteiger partial charge in [-0.25, -0.2) is 0 Å². The minimum atomic E-state index is -0.166. The third kappa shape index (κ3) is 3.30. The minimum absolute atomic E-state index is 0.166. The van der Waals surface area contributed by atoms with Crippen molar-refractivity contribution in [3.05, 3.63) is 41.4 Å². The van der Waals surface area contributed by atoms with Crippen LogP contribution < -0.4 is 0 Å². The van der Waals surface area contributed by atoms with Gasteiger partial charge < -0.3 is 0 Å². The van der Waals surface area contributed by atoms with Crippen molar-refractivity contribution in [1.29, 1.82) is 5.26 Å². The van der Waals surface area contributed by atoms with E-state index in [1.807, 2.05) is 35.8 Å². The van der Waals surface area contributed by atoms with Crippen molar-refractivity contribution in [2.75, 3.05) is 0 Å². The van der Waals surface area contributed by atoms with Crippen molar-refractivity contribution >= 4 is 27.7 Å². The van der Waals surface area contributed by atoms with E-state index >= 15 is 0 Å². The largest absolute Gasteiger partial charge is 0.298 e. The van der Waals surface area contributed by atoms with Crippen LogP contribution >= 0.6 is 27.7 Å². The van der Waals surface area contributed by atoms with Gasteiger partial charge in [-0.15, -0.1) is 16.8 Å². The zero-order valence-corrected chi connectivity index (χ0v) is 13.4. The maximum Gasteiger partial charge on any atom is 0.193 e. The highest BCUT2D eigenvalue weighted by Gasteiger charge is 2.15. The van der Waals surface area contributed by atoms with Crippen LogP contribution in [0.1, 0.15) is 6.92 Å². The van der Waals surface area contributed by atoms with Crippen molar-refractivity contribution in [3.8, 4) is 17.5 Å². The van der Waals surface area contributed by atoms with Gasteiger partial charge in [0.25, 0.3) is 0 Å².